The molecule has 0 N–H and O–H groups in total. The molecule has 0 unspecified atom stereocenters. The third-order valence-electron chi connectivity index (χ3n) is 2.42. The van der Waals surface area contributed by atoms with Crippen LogP contribution in [0.15, 0.2) is 27.8 Å². The van der Waals surface area contributed by atoms with Crippen LogP contribution in [0.25, 0.3) is 11.4 Å². The van der Waals surface area contributed by atoms with Gasteiger partial charge in [-0.2, -0.15) is 0 Å². The molecule has 102 valence electrons. The number of halogens is 3. The second-order valence-corrected chi connectivity index (χ2v) is 6.99. The summed E-state index contributed by atoms with van der Waals surface area (Å²) < 4.78 is 38.4. The third-order valence-corrected chi connectivity index (χ3v) is 4.07. The number of hydrogen-bond donors (Lipinski definition) is 0. The van der Waals surface area contributed by atoms with Gasteiger partial charge in [0.1, 0.15) is 5.82 Å². The zero-order valence-corrected chi connectivity index (χ0v) is 12.8. The van der Waals surface area contributed by atoms with Crippen molar-refractivity contribution < 1.29 is 12.8 Å². The summed E-state index contributed by atoms with van der Waals surface area (Å²) in [6.45, 7) is 1.93. The summed E-state index contributed by atoms with van der Waals surface area (Å²) in [5.74, 6) is -0.413. The van der Waals surface area contributed by atoms with Crippen molar-refractivity contribution in [1.82, 2.24) is 14.8 Å². The Balaban J connectivity index is 2.70. The van der Waals surface area contributed by atoms with E-state index in [0.717, 1.165) is 0 Å². The van der Waals surface area contributed by atoms with Crippen molar-refractivity contribution in [3.8, 4) is 11.4 Å². The van der Waals surface area contributed by atoms with Crippen LogP contribution in [0.1, 0.15) is 6.92 Å². The van der Waals surface area contributed by atoms with Gasteiger partial charge in [0, 0.05) is 21.7 Å². The van der Waals surface area contributed by atoms with E-state index < -0.39 is 20.0 Å². The van der Waals surface area contributed by atoms with Crippen molar-refractivity contribution in [2.45, 2.75) is 18.6 Å². The molecule has 0 saturated carbocycles. The molecule has 0 atom stereocenters. The molecule has 19 heavy (non-hydrogen) atoms. The van der Waals surface area contributed by atoms with E-state index >= 15 is 0 Å². The van der Waals surface area contributed by atoms with Gasteiger partial charge >= 0.3 is 0 Å². The smallest absolute Gasteiger partial charge is 0.296 e. The maximum absolute atomic E-state index is 13.8. The molecule has 1 heterocycles. The molecule has 0 bridgehead atoms. The highest BCUT2D eigenvalue weighted by Gasteiger charge is 2.23. The number of benzene rings is 1. The van der Waals surface area contributed by atoms with Crippen molar-refractivity contribution in [2.75, 3.05) is 0 Å². The van der Waals surface area contributed by atoms with E-state index in [1.54, 1.807) is 6.92 Å². The third kappa shape index (κ3) is 2.80. The Hall–Kier alpha value is -0.990. The van der Waals surface area contributed by atoms with Gasteiger partial charge in [-0.25, -0.2) is 12.8 Å². The summed E-state index contributed by atoms with van der Waals surface area (Å²) in [6, 6.07) is 4.28. The Morgan fingerprint density at radius 3 is 2.68 bits per heavy atom. The molecule has 0 aliphatic carbocycles. The minimum Gasteiger partial charge on any atom is -0.297 e. The van der Waals surface area contributed by atoms with E-state index in [1.807, 2.05) is 0 Å². The van der Waals surface area contributed by atoms with Gasteiger partial charge in [-0.05, 0) is 25.1 Å². The summed E-state index contributed by atoms with van der Waals surface area (Å²) in [5.41, 5.74) is 0.148. The number of aromatic nitrogens is 3. The Morgan fingerprint density at radius 2 is 2.11 bits per heavy atom. The molecule has 9 heteroatoms. The van der Waals surface area contributed by atoms with Gasteiger partial charge in [-0.3, -0.25) is 4.57 Å². The average Bonchev–Trinajstić information content (AvgIpc) is 2.75. The monoisotopic (exact) mass is 367 g/mol. The van der Waals surface area contributed by atoms with Crippen molar-refractivity contribution >= 4 is 35.7 Å². The Labute approximate surface area is 122 Å². The fraction of sp³-hybridized carbons (Fsp3) is 0.200. The molecule has 1 aromatic heterocycles. The van der Waals surface area contributed by atoms with Gasteiger partial charge in [-0.15, -0.1) is 10.2 Å². The first-order valence-electron chi connectivity index (χ1n) is 5.18. The first-order chi connectivity index (χ1) is 8.84. The maximum atomic E-state index is 13.8. The molecule has 0 saturated heterocycles. The van der Waals surface area contributed by atoms with Crippen LogP contribution in [0, 0.1) is 5.82 Å². The molecule has 2 rings (SSSR count). The molecule has 0 fully saturated rings. The minimum absolute atomic E-state index is 0.112. The van der Waals surface area contributed by atoms with Gasteiger partial charge in [0.05, 0.1) is 5.56 Å². The van der Waals surface area contributed by atoms with Gasteiger partial charge < -0.3 is 0 Å². The predicted octanol–water partition coefficient (Wildman–Crippen LogP) is 2.79. The lowest BCUT2D eigenvalue weighted by Gasteiger charge is -2.06. The van der Waals surface area contributed by atoms with Crippen LogP contribution in [0.5, 0.6) is 0 Å². The van der Waals surface area contributed by atoms with Crippen molar-refractivity contribution in [3.63, 3.8) is 0 Å². The molecule has 0 spiro atoms. The second-order valence-electron chi connectivity index (χ2n) is 3.61. The summed E-state index contributed by atoms with van der Waals surface area (Å²) in [5, 5.41) is 6.83. The molecule has 2 aromatic rings. The van der Waals surface area contributed by atoms with Gasteiger partial charge in [0.15, 0.2) is 5.82 Å². The van der Waals surface area contributed by atoms with Crippen LogP contribution >= 0.6 is 26.6 Å². The van der Waals surface area contributed by atoms with E-state index in [4.69, 9.17) is 10.7 Å². The van der Waals surface area contributed by atoms with Crippen molar-refractivity contribution in [3.05, 3.63) is 28.5 Å². The van der Waals surface area contributed by atoms with Gasteiger partial charge in [0.25, 0.3) is 14.2 Å². The SMILES string of the molecule is CCn1c(-c2cc(Br)ccc2F)nnc1S(=O)(=O)Cl. The molecule has 0 radical (unpaired) electrons. The maximum Gasteiger partial charge on any atom is 0.296 e. The topological polar surface area (TPSA) is 64.8 Å². The lowest BCUT2D eigenvalue weighted by atomic mass is 10.2. The first kappa shape index (κ1) is 14.4. The number of nitrogens with zero attached hydrogens (tertiary/aromatic N) is 3. The lowest BCUT2D eigenvalue weighted by molar-refractivity contribution is 0.581. The van der Waals surface area contributed by atoms with Crippen LogP contribution < -0.4 is 0 Å². The highest BCUT2D eigenvalue weighted by molar-refractivity contribution is 9.10. The van der Waals surface area contributed by atoms with Gasteiger partial charge in [0.2, 0.25) is 0 Å². The lowest BCUT2D eigenvalue weighted by Crippen LogP contribution is -2.06. The fourth-order valence-electron chi connectivity index (χ4n) is 1.62. The zero-order chi connectivity index (χ0) is 14.2. The highest BCUT2D eigenvalue weighted by Crippen LogP contribution is 2.27. The largest absolute Gasteiger partial charge is 0.297 e. The van der Waals surface area contributed by atoms with E-state index in [9.17, 15) is 12.8 Å². The summed E-state index contributed by atoms with van der Waals surface area (Å²) in [6.07, 6.45) is 0. The van der Waals surface area contributed by atoms with Crippen LogP contribution in [0.2, 0.25) is 0 Å². The van der Waals surface area contributed by atoms with Crippen LogP contribution in [0.4, 0.5) is 4.39 Å². The summed E-state index contributed by atoms with van der Waals surface area (Å²) in [4.78, 5) is 0. The summed E-state index contributed by atoms with van der Waals surface area (Å²) >= 11 is 3.22. The van der Waals surface area contributed by atoms with E-state index in [-0.39, 0.29) is 17.9 Å². The van der Waals surface area contributed by atoms with E-state index in [2.05, 4.69) is 26.1 Å². The Morgan fingerprint density at radius 1 is 1.42 bits per heavy atom. The standard InChI is InChI=1S/C10H8BrClFN3O2S/c1-2-16-9(14-15-10(16)19(12,17)18)7-5-6(11)3-4-8(7)13/h3-5H,2H2,1H3. The number of hydrogen-bond acceptors (Lipinski definition) is 4. The van der Waals surface area contributed by atoms with Crippen LogP contribution in [-0.2, 0) is 15.6 Å². The van der Waals surface area contributed by atoms with E-state index in [0.29, 0.717) is 4.47 Å². The predicted molar refractivity (Wildman–Crippen MR) is 71.8 cm³/mol. The zero-order valence-electron chi connectivity index (χ0n) is 9.64. The molecule has 1 aromatic carbocycles. The fourth-order valence-corrected chi connectivity index (χ4v) is 2.94. The van der Waals surface area contributed by atoms with Crippen molar-refractivity contribution in [1.29, 1.82) is 0 Å². The molecule has 0 amide bonds. The molecular formula is C10H8BrClFN3O2S. The molecule has 5 nitrogen and oxygen atoms in total. The number of rotatable bonds is 3. The van der Waals surface area contributed by atoms with E-state index in [1.165, 1.54) is 22.8 Å². The van der Waals surface area contributed by atoms with Crippen LogP contribution in [0.3, 0.4) is 0 Å². The Bertz CT molecular complexity index is 732. The molecule has 0 aliphatic rings. The molecular weight excluding hydrogens is 361 g/mol. The average molecular weight is 369 g/mol. The highest BCUT2D eigenvalue weighted by atomic mass is 79.9. The quantitative estimate of drug-likeness (QED) is 0.782. The van der Waals surface area contributed by atoms with Crippen LogP contribution in [-0.4, -0.2) is 23.2 Å². The van der Waals surface area contributed by atoms with Crippen molar-refractivity contribution in [2.24, 2.45) is 0 Å². The van der Waals surface area contributed by atoms with Gasteiger partial charge in [-0.1, -0.05) is 15.9 Å². The normalized spacial score (nSPS) is 11.8. The Kier molecular flexibility index (Phi) is 3.93. The second kappa shape index (κ2) is 5.18. The molecule has 0 aliphatic heterocycles. The summed E-state index contributed by atoms with van der Waals surface area (Å²) in [7, 11) is 1.23. The minimum atomic E-state index is -4.03. The first-order valence-corrected chi connectivity index (χ1v) is 8.28.